The molecule has 0 N–H and O–H groups in total. The number of amidine groups is 1. The molecule has 2 aliphatic heterocycles. The van der Waals surface area contributed by atoms with Gasteiger partial charge in [-0.2, -0.15) is 4.99 Å². The third-order valence-electron chi connectivity index (χ3n) is 2.30. The van der Waals surface area contributed by atoms with Crippen LogP contribution in [0.3, 0.4) is 0 Å². The summed E-state index contributed by atoms with van der Waals surface area (Å²) in [4.78, 5) is 28.1. The molecule has 0 fully saturated rings. The van der Waals surface area contributed by atoms with E-state index in [4.69, 9.17) is 0 Å². The molecule has 0 bridgehead atoms. The van der Waals surface area contributed by atoms with Crippen molar-refractivity contribution in [1.29, 1.82) is 0 Å². The molecule has 15 heavy (non-hydrogen) atoms. The highest BCUT2D eigenvalue weighted by Gasteiger charge is 2.35. The molecule has 0 saturated carbocycles. The van der Waals surface area contributed by atoms with Crippen molar-refractivity contribution in [2.24, 2.45) is 4.99 Å². The summed E-state index contributed by atoms with van der Waals surface area (Å²) in [7, 11) is 1.30. The van der Waals surface area contributed by atoms with Gasteiger partial charge in [-0.3, -0.25) is 9.59 Å². The maximum atomic E-state index is 11.5. The summed E-state index contributed by atoms with van der Waals surface area (Å²) in [6, 6.07) is -0.548. The van der Waals surface area contributed by atoms with Crippen molar-refractivity contribution in [3.8, 4) is 0 Å². The third kappa shape index (κ3) is 1.68. The van der Waals surface area contributed by atoms with E-state index in [0.717, 1.165) is 0 Å². The van der Waals surface area contributed by atoms with Crippen LogP contribution in [0.25, 0.3) is 0 Å². The van der Waals surface area contributed by atoms with Gasteiger partial charge in [-0.15, -0.1) is 0 Å². The van der Waals surface area contributed by atoms with Crippen LogP contribution in [0.2, 0.25) is 0 Å². The largest absolute Gasteiger partial charge is 0.469 e. The molecule has 0 aromatic heterocycles. The average Bonchev–Trinajstić information content (AvgIpc) is 2.55. The highest BCUT2D eigenvalue weighted by atomic mass is 16.5. The fourth-order valence-corrected chi connectivity index (χ4v) is 1.54. The lowest BCUT2D eigenvalue weighted by Crippen LogP contribution is -2.36. The lowest BCUT2D eigenvalue weighted by Gasteiger charge is -2.21. The molecule has 78 valence electrons. The number of carbonyl (C=O) groups excluding carboxylic acids is 2. The van der Waals surface area contributed by atoms with Crippen LogP contribution in [-0.4, -0.2) is 35.8 Å². The number of ether oxygens (including phenoxy) is 1. The number of aliphatic imine (C=N–C) groups is 1. The van der Waals surface area contributed by atoms with Crippen LogP contribution in [0.4, 0.5) is 0 Å². The SMILES string of the molecule is COC(=O)CC1C(=O)N=C2C=CC=CN21. The summed E-state index contributed by atoms with van der Waals surface area (Å²) in [5.74, 6) is -0.129. The van der Waals surface area contributed by atoms with Crippen LogP contribution in [0.15, 0.2) is 29.4 Å². The van der Waals surface area contributed by atoms with Crippen LogP contribution >= 0.6 is 0 Å². The Morgan fingerprint density at radius 2 is 2.40 bits per heavy atom. The van der Waals surface area contributed by atoms with Gasteiger partial charge in [0.2, 0.25) is 0 Å². The number of rotatable bonds is 2. The molecule has 2 aliphatic rings. The number of fused-ring (bicyclic) bond motifs is 1. The predicted octanol–water partition coefficient (Wildman–Crippen LogP) is 0.242. The predicted molar refractivity (Wildman–Crippen MR) is 53.0 cm³/mol. The third-order valence-corrected chi connectivity index (χ3v) is 2.30. The number of methoxy groups -OCH3 is 1. The molecule has 0 aromatic carbocycles. The monoisotopic (exact) mass is 206 g/mol. The van der Waals surface area contributed by atoms with Crippen LogP contribution < -0.4 is 0 Å². The molecule has 2 heterocycles. The maximum absolute atomic E-state index is 11.5. The lowest BCUT2D eigenvalue weighted by atomic mass is 10.1. The minimum Gasteiger partial charge on any atom is -0.469 e. The number of amides is 1. The van der Waals surface area contributed by atoms with Gasteiger partial charge in [-0.1, -0.05) is 6.08 Å². The Morgan fingerprint density at radius 3 is 3.13 bits per heavy atom. The van der Waals surface area contributed by atoms with Gasteiger partial charge in [0.05, 0.1) is 13.5 Å². The highest BCUT2D eigenvalue weighted by Crippen LogP contribution is 2.19. The first-order chi connectivity index (χ1) is 7.22. The molecule has 5 heteroatoms. The summed E-state index contributed by atoms with van der Waals surface area (Å²) in [6.07, 6.45) is 7.08. The van der Waals surface area contributed by atoms with Crippen LogP contribution in [0, 0.1) is 0 Å². The van der Waals surface area contributed by atoms with Gasteiger partial charge in [0.15, 0.2) is 0 Å². The second-order valence-electron chi connectivity index (χ2n) is 3.21. The van der Waals surface area contributed by atoms with Crippen molar-refractivity contribution in [1.82, 2.24) is 4.90 Å². The van der Waals surface area contributed by atoms with E-state index in [1.807, 2.05) is 0 Å². The number of hydrogen-bond acceptors (Lipinski definition) is 4. The van der Waals surface area contributed by atoms with E-state index in [9.17, 15) is 9.59 Å². The number of allylic oxidation sites excluding steroid dienone is 2. The summed E-state index contributed by atoms with van der Waals surface area (Å²) in [6.45, 7) is 0. The lowest BCUT2D eigenvalue weighted by molar-refractivity contribution is -0.143. The Morgan fingerprint density at radius 1 is 1.60 bits per heavy atom. The van der Waals surface area contributed by atoms with E-state index < -0.39 is 12.0 Å². The molecule has 1 amide bonds. The summed E-state index contributed by atoms with van der Waals surface area (Å²) in [5, 5.41) is 0. The number of nitrogens with zero attached hydrogens (tertiary/aromatic N) is 2. The zero-order chi connectivity index (χ0) is 10.8. The normalized spacial score (nSPS) is 22.7. The Labute approximate surface area is 86.7 Å². The molecular weight excluding hydrogens is 196 g/mol. The van der Waals surface area contributed by atoms with Crippen molar-refractivity contribution >= 4 is 17.7 Å². The topological polar surface area (TPSA) is 59.0 Å². The van der Waals surface area contributed by atoms with E-state index >= 15 is 0 Å². The first-order valence-corrected chi connectivity index (χ1v) is 4.55. The van der Waals surface area contributed by atoms with Crippen LogP contribution in [0.5, 0.6) is 0 Å². The number of esters is 1. The number of carbonyl (C=O) groups is 2. The highest BCUT2D eigenvalue weighted by molar-refractivity contribution is 6.10. The van der Waals surface area contributed by atoms with Gasteiger partial charge < -0.3 is 9.64 Å². The number of hydrogen-bond donors (Lipinski definition) is 0. The van der Waals surface area contributed by atoms with E-state index in [1.54, 1.807) is 29.3 Å². The van der Waals surface area contributed by atoms with E-state index in [1.165, 1.54) is 7.11 Å². The van der Waals surface area contributed by atoms with Crippen molar-refractivity contribution < 1.29 is 14.3 Å². The quantitative estimate of drug-likeness (QED) is 0.607. The van der Waals surface area contributed by atoms with Gasteiger partial charge in [0.25, 0.3) is 5.91 Å². The van der Waals surface area contributed by atoms with Crippen molar-refractivity contribution in [3.05, 3.63) is 24.4 Å². The Bertz CT molecular complexity index is 395. The molecule has 0 aromatic rings. The van der Waals surface area contributed by atoms with Crippen LogP contribution in [0.1, 0.15) is 6.42 Å². The van der Waals surface area contributed by atoms with Gasteiger partial charge >= 0.3 is 5.97 Å². The minimum atomic E-state index is -0.548. The van der Waals surface area contributed by atoms with Gasteiger partial charge in [0, 0.05) is 6.20 Å². The molecule has 1 atom stereocenters. The smallest absolute Gasteiger partial charge is 0.308 e. The fourth-order valence-electron chi connectivity index (χ4n) is 1.54. The summed E-state index contributed by atoms with van der Waals surface area (Å²) >= 11 is 0. The van der Waals surface area contributed by atoms with E-state index in [-0.39, 0.29) is 12.3 Å². The van der Waals surface area contributed by atoms with Crippen LogP contribution in [-0.2, 0) is 14.3 Å². The van der Waals surface area contributed by atoms with Gasteiger partial charge in [-0.25, -0.2) is 0 Å². The van der Waals surface area contributed by atoms with Crippen molar-refractivity contribution in [2.45, 2.75) is 12.5 Å². The zero-order valence-corrected chi connectivity index (χ0v) is 8.21. The Balaban J connectivity index is 2.15. The Hall–Kier alpha value is -1.91. The first kappa shape index (κ1) is 9.64. The average molecular weight is 206 g/mol. The maximum Gasteiger partial charge on any atom is 0.308 e. The van der Waals surface area contributed by atoms with Gasteiger partial charge in [0.1, 0.15) is 11.9 Å². The summed E-state index contributed by atoms with van der Waals surface area (Å²) in [5.41, 5.74) is 0. The van der Waals surface area contributed by atoms with Gasteiger partial charge in [-0.05, 0) is 12.2 Å². The molecule has 0 radical (unpaired) electrons. The molecule has 0 spiro atoms. The van der Waals surface area contributed by atoms with E-state index in [2.05, 4.69) is 9.73 Å². The fraction of sp³-hybridized carbons (Fsp3) is 0.300. The van der Waals surface area contributed by atoms with Crippen molar-refractivity contribution in [2.75, 3.05) is 7.11 Å². The van der Waals surface area contributed by atoms with E-state index in [0.29, 0.717) is 5.84 Å². The zero-order valence-electron chi connectivity index (χ0n) is 8.21. The standard InChI is InChI=1S/C10H10N2O3/c1-15-9(13)6-7-10(14)11-8-4-2-3-5-12(7)8/h2-5,7H,6H2,1H3. The second-order valence-corrected chi connectivity index (χ2v) is 3.21. The second kappa shape index (κ2) is 3.68. The van der Waals surface area contributed by atoms with Crippen molar-refractivity contribution in [3.63, 3.8) is 0 Å². The Kier molecular flexibility index (Phi) is 2.37. The minimum absolute atomic E-state index is 0.0283. The molecule has 2 rings (SSSR count). The first-order valence-electron chi connectivity index (χ1n) is 4.55. The molecule has 1 unspecified atom stereocenters. The molecule has 0 aliphatic carbocycles. The molecular formula is C10H10N2O3. The molecule has 5 nitrogen and oxygen atoms in total. The summed E-state index contributed by atoms with van der Waals surface area (Å²) < 4.78 is 4.53. The molecule has 0 saturated heterocycles.